The molecular weight excluding hydrogens is 304 g/mol. The molecule has 2 amide bonds. The van der Waals surface area contributed by atoms with Gasteiger partial charge in [0.1, 0.15) is 5.75 Å². The quantitative estimate of drug-likeness (QED) is 0.863. The average Bonchev–Trinajstić information content (AvgIpc) is 2.55. The van der Waals surface area contributed by atoms with E-state index in [1.165, 1.54) is 0 Å². The molecule has 132 valence electrons. The van der Waals surface area contributed by atoms with E-state index in [4.69, 9.17) is 4.74 Å². The number of amides is 2. The summed E-state index contributed by atoms with van der Waals surface area (Å²) < 4.78 is 5.64. The van der Waals surface area contributed by atoms with E-state index >= 15 is 0 Å². The van der Waals surface area contributed by atoms with E-state index in [-0.39, 0.29) is 6.04 Å². The first kappa shape index (κ1) is 18.3. The van der Waals surface area contributed by atoms with Crippen LogP contribution in [0.3, 0.4) is 0 Å². The molecule has 1 aromatic carbocycles. The van der Waals surface area contributed by atoms with Crippen molar-refractivity contribution in [2.45, 2.75) is 46.6 Å². The molecule has 1 fully saturated rings. The van der Waals surface area contributed by atoms with Crippen LogP contribution in [0.15, 0.2) is 18.2 Å². The molecule has 24 heavy (non-hydrogen) atoms. The zero-order valence-electron chi connectivity index (χ0n) is 15.1. The largest absolute Gasteiger partial charge is 0.494 e. The summed E-state index contributed by atoms with van der Waals surface area (Å²) in [5.74, 6) is 0.226. The molecule has 5 heteroatoms. The van der Waals surface area contributed by atoms with Gasteiger partial charge in [-0.2, -0.15) is 0 Å². The van der Waals surface area contributed by atoms with E-state index in [1.54, 1.807) is 4.90 Å². The van der Waals surface area contributed by atoms with Crippen LogP contribution >= 0.6 is 0 Å². The fourth-order valence-electron chi connectivity index (χ4n) is 3.15. The molecule has 1 N–H and O–H groups in total. The molecule has 0 radical (unpaired) electrons. The number of carbonyl (C=O) groups is 2. The van der Waals surface area contributed by atoms with Gasteiger partial charge in [0.25, 0.3) is 0 Å². The fraction of sp³-hybridized carbons (Fsp3) is 0.579. The standard InChI is InChI=1S/C19H28N2O3/c1-5-24-17-9-8-13(2)11-16(17)15(4)20-18(22)19(23)21-10-6-7-14(3)12-21/h8-9,11,14-15H,5-7,10,12H2,1-4H3,(H,20,22). The van der Waals surface area contributed by atoms with Crippen LogP contribution < -0.4 is 10.1 Å². The minimum atomic E-state index is -0.541. The summed E-state index contributed by atoms with van der Waals surface area (Å²) in [5, 5.41) is 2.82. The number of rotatable bonds is 4. The number of likely N-dealkylation sites (tertiary alicyclic amines) is 1. The Balaban J connectivity index is 2.05. The van der Waals surface area contributed by atoms with Gasteiger partial charge < -0.3 is 15.0 Å². The highest BCUT2D eigenvalue weighted by molar-refractivity contribution is 6.35. The van der Waals surface area contributed by atoms with Gasteiger partial charge in [-0.25, -0.2) is 0 Å². The van der Waals surface area contributed by atoms with Crippen molar-refractivity contribution in [1.82, 2.24) is 10.2 Å². The minimum Gasteiger partial charge on any atom is -0.494 e. The molecule has 2 unspecified atom stereocenters. The number of carbonyl (C=O) groups excluding carboxylic acids is 2. The first-order valence-corrected chi connectivity index (χ1v) is 8.75. The molecule has 0 aromatic heterocycles. The molecule has 2 atom stereocenters. The number of ether oxygens (including phenoxy) is 1. The summed E-state index contributed by atoms with van der Waals surface area (Å²) in [5.41, 5.74) is 1.98. The Morgan fingerprint density at radius 3 is 2.83 bits per heavy atom. The topological polar surface area (TPSA) is 58.6 Å². The zero-order chi connectivity index (χ0) is 17.7. The van der Waals surface area contributed by atoms with Crippen LogP contribution in [0.5, 0.6) is 5.75 Å². The highest BCUT2D eigenvalue weighted by atomic mass is 16.5. The molecule has 0 spiro atoms. The maximum absolute atomic E-state index is 12.4. The van der Waals surface area contributed by atoms with Crippen LogP contribution in [0.4, 0.5) is 0 Å². The van der Waals surface area contributed by atoms with Gasteiger partial charge in [-0.3, -0.25) is 9.59 Å². The monoisotopic (exact) mass is 332 g/mol. The van der Waals surface area contributed by atoms with Crippen molar-refractivity contribution in [3.8, 4) is 5.75 Å². The molecule has 1 aliphatic heterocycles. The van der Waals surface area contributed by atoms with Gasteiger partial charge in [0.15, 0.2) is 0 Å². The average molecular weight is 332 g/mol. The third kappa shape index (κ3) is 4.49. The summed E-state index contributed by atoms with van der Waals surface area (Å²) in [6.07, 6.45) is 2.07. The molecule has 5 nitrogen and oxygen atoms in total. The van der Waals surface area contributed by atoms with E-state index in [0.717, 1.165) is 29.7 Å². The Labute approximate surface area is 144 Å². The van der Waals surface area contributed by atoms with Crippen LogP contribution in [0.1, 0.15) is 50.8 Å². The molecular formula is C19H28N2O3. The van der Waals surface area contributed by atoms with Gasteiger partial charge in [0.05, 0.1) is 12.6 Å². The summed E-state index contributed by atoms with van der Waals surface area (Å²) in [4.78, 5) is 26.4. The van der Waals surface area contributed by atoms with E-state index in [0.29, 0.717) is 25.6 Å². The second kappa shape index (κ2) is 8.18. The Hall–Kier alpha value is -2.04. The third-order valence-electron chi connectivity index (χ3n) is 4.42. The number of aryl methyl sites for hydroxylation is 1. The SMILES string of the molecule is CCOc1ccc(C)cc1C(C)NC(=O)C(=O)N1CCCC(C)C1. The van der Waals surface area contributed by atoms with Crippen molar-refractivity contribution in [2.24, 2.45) is 5.92 Å². The zero-order valence-corrected chi connectivity index (χ0v) is 15.1. The van der Waals surface area contributed by atoms with Gasteiger partial charge in [-0.15, -0.1) is 0 Å². The van der Waals surface area contributed by atoms with Crippen LogP contribution in [-0.2, 0) is 9.59 Å². The Bertz CT molecular complexity index is 600. The van der Waals surface area contributed by atoms with Gasteiger partial charge in [0, 0.05) is 18.7 Å². The fourth-order valence-corrected chi connectivity index (χ4v) is 3.15. The first-order chi connectivity index (χ1) is 11.4. The van der Waals surface area contributed by atoms with Crippen LogP contribution in [0.2, 0.25) is 0 Å². The molecule has 1 aliphatic rings. The molecule has 0 saturated carbocycles. The van der Waals surface area contributed by atoms with E-state index in [1.807, 2.05) is 39.0 Å². The van der Waals surface area contributed by atoms with Crippen molar-refractivity contribution in [3.05, 3.63) is 29.3 Å². The van der Waals surface area contributed by atoms with Gasteiger partial charge >= 0.3 is 11.8 Å². The van der Waals surface area contributed by atoms with Crippen molar-refractivity contribution >= 4 is 11.8 Å². The lowest BCUT2D eigenvalue weighted by Crippen LogP contribution is -2.47. The molecule has 0 bridgehead atoms. The smallest absolute Gasteiger partial charge is 0.311 e. The van der Waals surface area contributed by atoms with Crippen LogP contribution in [0.25, 0.3) is 0 Å². The van der Waals surface area contributed by atoms with Crippen LogP contribution in [-0.4, -0.2) is 36.4 Å². The molecule has 1 aromatic rings. The third-order valence-corrected chi connectivity index (χ3v) is 4.42. The lowest BCUT2D eigenvalue weighted by Gasteiger charge is -2.30. The van der Waals surface area contributed by atoms with E-state index < -0.39 is 11.8 Å². The summed E-state index contributed by atoms with van der Waals surface area (Å²) in [6, 6.07) is 5.59. The lowest BCUT2D eigenvalue weighted by molar-refractivity contribution is -0.147. The Morgan fingerprint density at radius 1 is 1.42 bits per heavy atom. The van der Waals surface area contributed by atoms with Crippen molar-refractivity contribution in [2.75, 3.05) is 19.7 Å². The summed E-state index contributed by atoms with van der Waals surface area (Å²) >= 11 is 0. The van der Waals surface area contributed by atoms with E-state index in [2.05, 4.69) is 12.2 Å². The van der Waals surface area contributed by atoms with E-state index in [9.17, 15) is 9.59 Å². The van der Waals surface area contributed by atoms with Gasteiger partial charge in [0.2, 0.25) is 0 Å². The second-order valence-electron chi connectivity index (χ2n) is 6.67. The van der Waals surface area contributed by atoms with Crippen molar-refractivity contribution < 1.29 is 14.3 Å². The summed E-state index contributed by atoms with van der Waals surface area (Å²) in [7, 11) is 0. The molecule has 2 rings (SSSR count). The number of piperidine rings is 1. The predicted octanol–water partition coefficient (Wildman–Crippen LogP) is 2.83. The maximum Gasteiger partial charge on any atom is 0.311 e. The normalized spacial score (nSPS) is 18.8. The minimum absolute atomic E-state index is 0.287. The summed E-state index contributed by atoms with van der Waals surface area (Å²) in [6.45, 7) is 9.79. The van der Waals surface area contributed by atoms with Gasteiger partial charge in [-0.05, 0) is 45.6 Å². The number of nitrogens with zero attached hydrogens (tertiary/aromatic N) is 1. The highest BCUT2D eigenvalue weighted by Gasteiger charge is 2.27. The number of benzene rings is 1. The number of hydrogen-bond donors (Lipinski definition) is 1. The molecule has 0 aliphatic carbocycles. The van der Waals surface area contributed by atoms with Crippen LogP contribution in [0, 0.1) is 12.8 Å². The van der Waals surface area contributed by atoms with Gasteiger partial charge in [-0.1, -0.05) is 24.6 Å². The Kier molecular flexibility index (Phi) is 6.23. The van der Waals surface area contributed by atoms with Crippen molar-refractivity contribution in [1.29, 1.82) is 0 Å². The molecule has 1 heterocycles. The molecule has 1 saturated heterocycles. The first-order valence-electron chi connectivity index (χ1n) is 8.75. The number of nitrogens with one attached hydrogen (secondary N) is 1. The van der Waals surface area contributed by atoms with Crippen molar-refractivity contribution in [3.63, 3.8) is 0 Å². The predicted molar refractivity (Wildman–Crippen MR) is 93.9 cm³/mol. The second-order valence-corrected chi connectivity index (χ2v) is 6.67. The lowest BCUT2D eigenvalue weighted by atomic mass is 10.00. The number of hydrogen-bond acceptors (Lipinski definition) is 3. The Morgan fingerprint density at radius 2 is 2.17 bits per heavy atom. The maximum atomic E-state index is 12.4. The highest BCUT2D eigenvalue weighted by Crippen LogP contribution is 2.26.